The number of fused-ring (bicyclic) bond motifs is 4. The lowest BCUT2D eigenvalue weighted by atomic mass is 9.87. The zero-order chi connectivity index (χ0) is 46.7. The zero-order valence-electron chi connectivity index (χ0n) is 39.5. The maximum absolute atomic E-state index is 15.5. The van der Waals surface area contributed by atoms with Crippen LogP contribution >= 0.6 is 0 Å². The van der Waals surface area contributed by atoms with Crippen LogP contribution in [0.15, 0.2) is 158 Å². The number of nitrogens with zero attached hydrogens (tertiary/aromatic N) is 4. The van der Waals surface area contributed by atoms with Crippen molar-refractivity contribution in [2.24, 2.45) is 0 Å². The van der Waals surface area contributed by atoms with Crippen LogP contribution in [0.1, 0.15) is 101 Å². The van der Waals surface area contributed by atoms with E-state index in [9.17, 15) is 4.39 Å². The normalized spacial score (nSPS) is 12.7. The first-order valence-corrected chi connectivity index (χ1v) is 23.5. The molecule has 0 bridgehead atoms. The van der Waals surface area contributed by atoms with Crippen molar-refractivity contribution >= 4 is 44.6 Å². The summed E-state index contributed by atoms with van der Waals surface area (Å²) in [4.78, 5) is 9.60. The van der Waals surface area contributed by atoms with Gasteiger partial charge in [0.25, 0.3) is 0 Å². The lowest BCUT2D eigenvalue weighted by Gasteiger charge is -2.30. The summed E-state index contributed by atoms with van der Waals surface area (Å²) >= 11 is 0. The van der Waals surface area contributed by atoms with E-state index in [1.54, 1.807) is 6.07 Å². The topological polar surface area (TPSA) is 33.5 Å². The molecule has 0 fully saturated rings. The minimum Gasteiger partial charge on any atom is -0.457 e. The molecule has 67 heavy (non-hydrogen) atoms. The molecule has 0 unspecified atom stereocenters. The van der Waals surface area contributed by atoms with Crippen molar-refractivity contribution in [3.05, 3.63) is 192 Å². The monoisotopic (exact) mass is 886 g/mol. The molecule has 0 atom stereocenters. The van der Waals surface area contributed by atoms with Crippen molar-refractivity contribution in [2.75, 3.05) is 16.5 Å². The predicted molar refractivity (Wildman–Crippen MR) is 274 cm³/mol. The first-order chi connectivity index (χ1) is 32.3. The van der Waals surface area contributed by atoms with Crippen molar-refractivity contribution < 1.29 is 13.5 Å². The Hall–Kier alpha value is -7.25. The molecule has 2 aromatic heterocycles. The Bertz CT molecular complexity index is 3290. The number of hydrogen-bond acceptors (Lipinski definition) is 4. The molecular formula is C60H56F2N4O. The van der Waals surface area contributed by atoms with Crippen LogP contribution in [0, 0.1) is 11.6 Å². The molecule has 3 heterocycles. The molecule has 0 saturated heterocycles. The molecule has 0 spiro atoms. The largest absolute Gasteiger partial charge is 0.457 e. The van der Waals surface area contributed by atoms with Gasteiger partial charge in [0.2, 0.25) is 0 Å². The van der Waals surface area contributed by atoms with Gasteiger partial charge in [-0.3, -0.25) is 4.57 Å². The molecule has 0 aliphatic carbocycles. The molecule has 0 saturated carbocycles. The van der Waals surface area contributed by atoms with E-state index < -0.39 is 11.6 Å². The molecule has 336 valence electrons. The highest BCUT2D eigenvalue weighted by atomic mass is 19.1. The van der Waals surface area contributed by atoms with E-state index in [4.69, 9.17) is 9.72 Å². The fourth-order valence-corrected chi connectivity index (χ4v) is 9.73. The number of pyridine rings is 1. The number of hydrogen-bond donors (Lipinski definition) is 0. The first-order valence-electron chi connectivity index (χ1n) is 23.5. The molecule has 0 radical (unpaired) electrons. The second-order valence-electron chi connectivity index (χ2n) is 19.2. The van der Waals surface area contributed by atoms with Crippen LogP contribution < -0.4 is 14.5 Å². The number of ether oxygens (including phenoxy) is 1. The number of aromatic nitrogens is 2. The van der Waals surface area contributed by atoms with Gasteiger partial charge in [0, 0.05) is 52.1 Å². The predicted octanol–water partition coefficient (Wildman–Crippen LogP) is 17.3. The van der Waals surface area contributed by atoms with Crippen LogP contribution in [0.5, 0.6) is 11.5 Å². The molecule has 7 aromatic carbocycles. The number of para-hydroxylation sites is 1. The second-order valence-corrected chi connectivity index (χ2v) is 19.2. The van der Waals surface area contributed by atoms with E-state index >= 15 is 4.39 Å². The number of halogens is 2. The zero-order valence-corrected chi connectivity index (χ0v) is 39.5. The fraction of sp³-hybridized carbons (Fsp3) is 0.217. The Balaban J connectivity index is 1.14. The molecule has 1 aliphatic heterocycles. The highest BCUT2D eigenvalue weighted by Gasteiger charge is 2.33. The average molecular weight is 887 g/mol. The summed E-state index contributed by atoms with van der Waals surface area (Å²) in [6, 6.07) is 51.1. The molecule has 5 nitrogen and oxygen atoms in total. The Labute approximate surface area is 392 Å². The summed E-state index contributed by atoms with van der Waals surface area (Å²) in [5.41, 5.74) is 14.4. The lowest BCUT2D eigenvalue weighted by molar-refractivity contribution is 0.483. The fourth-order valence-electron chi connectivity index (χ4n) is 9.73. The smallest absolute Gasteiger partial charge is 0.137 e. The van der Waals surface area contributed by atoms with Gasteiger partial charge >= 0.3 is 0 Å². The Morgan fingerprint density at radius 2 is 1.24 bits per heavy atom. The van der Waals surface area contributed by atoms with Crippen LogP contribution in [0.3, 0.4) is 0 Å². The van der Waals surface area contributed by atoms with E-state index in [1.807, 2.05) is 24.4 Å². The van der Waals surface area contributed by atoms with Crippen LogP contribution in [-0.4, -0.2) is 16.2 Å². The van der Waals surface area contributed by atoms with Crippen molar-refractivity contribution in [3.8, 4) is 39.6 Å². The van der Waals surface area contributed by atoms with Gasteiger partial charge in [-0.2, -0.15) is 0 Å². The Morgan fingerprint density at radius 1 is 0.507 bits per heavy atom. The van der Waals surface area contributed by atoms with Crippen LogP contribution in [0.2, 0.25) is 0 Å². The van der Waals surface area contributed by atoms with Crippen molar-refractivity contribution in [1.82, 2.24) is 9.55 Å². The average Bonchev–Trinajstić information content (AvgIpc) is 3.86. The van der Waals surface area contributed by atoms with E-state index in [2.05, 4.69) is 185 Å². The summed E-state index contributed by atoms with van der Waals surface area (Å²) in [6.45, 7) is 18.2. The lowest BCUT2D eigenvalue weighted by Crippen LogP contribution is -2.26. The minimum absolute atomic E-state index is 0.104. The summed E-state index contributed by atoms with van der Waals surface area (Å²) < 4.78 is 38.9. The van der Waals surface area contributed by atoms with Crippen LogP contribution in [-0.2, 0) is 0 Å². The Kier molecular flexibility index (Phi) is 11.4. The summed E-state index contributed by atoms with van der Waals surface area (Å²) in [7, 11) is 0. The van der Waals surface area contributed by atoms with Gasteiger partial charge in [-0.05, 0) is 141 Å². The molecular weight excluding hydrogens is 831 g/mol. The van der Waals surface area contributed by atoms with Crippen LogP contribution in [0.25, 0.3) is 49.9 Å². The van der Waals surface area contributed by atoms with Gasteiger partial charge in [-0.1, -0.05) is 110 Å². The maximum atomic E-state index is 15.5. The summed E-state index contributed by atoms with van der Waals surface area (Å²) in [6.07, 6.45) is 1.83. The van der Waals surface area contributed by atoms with Crippen molar-refractivity contribution in [3.63, 3.8) is 0 Å². The Morgan fingerprint density at radius 3 is 1.96 bits per heavy atom. The first kappa shape index (κ1) is 43.6. The standard InChI is InChI=1S/C60H56F2N4O/c1-36(2)40-14-13-15-42(26-40)43-27-46(33-48(28-43)67-47-21-23-51-50-16-9-10-17-55(50)66(57(51)34-47)59-18-11-12-25-63-59)64-35-65(58-31-41(37(3)4)19-24-56(58)64)60-52(38(5)6)29-44(30-53(60)39(7)8)49-22-20-45(61)32-54(49)62/h9-34,36-39H,35H2,1-8H3. The molecule has 0 N–H and O–H groups in total. The highest BCUT2D eigenvalue weighted by Crippen LogP contribution is 2.51. The van der Waals surface area contributed by atoms with E-state index in [-0.39, 0.29) is 11.8 Å². The van der Waals surface area contributed by atoms with E-state index in [1.165, 1.54) is 17.2 Å². The van der Waals surface area contributed by atoms with Crippen molar-refractivity contribution in [2.45, 2.75) is 79.1 Å². The second kappa shape index (κ2) is 17.5. The van der Waals surface area contributed by atoms with Gasteiger partial charge in [-0.15, -0.1) is 0 Å². The molecule has 9 aromatic rings. The third kappa shape index (κ3) is 8.11. The van der Waals surface area contributed by atoms with Crippen LogP contribution in [0.4, 0.5) is 31.5 Å². The van der Waals surface area contributed by atoms with E-state index in [0.717, 1.165) is 95.8 Å². The van der Waals surface area contributed by atoms with Gasteiger partial charge in [0.15, 0.2) is 0 Å². The summed E-state index contributed by atoms with van der Waals surface area (Å²) in [5, 5.41) is 2.28. The third-order valence-corrected chi connectivity index (χ3v) is 13.3. The number of anilines is 4. The molecule has 10 rings (SSSR count). The van der Waals surface area contributed by atoms with Gasteiger partial charge < -0.3 is 14.5 Å². The molecule has 7 heteroatoms. The highest BCUT2D eigenvalue weighted by molar-refractivity contribution is 6.09. The number of rotatable bonds is 11. The summed E-state index contributed by atoms with van der Waals surface area (Å²) in [5.74, 6) is 2.01. The quantitative estimate of drug-likeness (QED) is 0.130. The van der Waals surface area contributed by atoms with Gasteiger partial charge in [0.1, 0.15) is 35.6 Å². The molecule has 1 aliphatic rings. The maximum Gasteiger partial charge on any atom is 0.137 e. The third-order valence-electron chi connectivity index (χ3n) is 13.3. The number of benzene rings is 7. The van der Waals surface area contributed by atoms with Gasteiger partial charge in [0.05, 0.1) is 22.4 Å². The van der Waals surface area contributed by atoms with Gasteiger partial charge in [-0.25, -0.2) is 13.8 Å². The van der Waals surface area contributed by atoms with Crippen molar-refractivity contribution in [1.29, 1.82) is 0 Å². The molecule has 0 amide bonds. The minimum atomic E-state index is -0.587. The SMILES string of the molecule is CC(C)c1cccc(-c2cc(Oc3ccc4c5ccccc5n(-c5ccccn5)c4c3)cc(N3CN(c4c(C(C)C)cc(-c5ccc(F)cc5F)cc4C(C)C)c4cc(C(C)C)ccc43)c2)c1. The van der Waals surface area contributed by atoms with E-state index in [0.29, 0.717) is 24.1 Å².